The van der Waals surface area contributed by atoms with Gasteiger partial charge in [0, 0.05) is 11.8 Å². The molecule has 0 atom stereocenters. The SMILES string of the molecule is CCCCCCCCCCCCCCCCCCCCCCCCCCCC(=O)OCC(C)(C)CC(=O)OC1CCCCCCCCCCCCCCCCCCCCCCCCCC1. The van der Waals surface area contributed by atoms with Crippen molar-refractivity contribution in [3.05, 3.63) is 0 Å². The lowest BCUT2D eigenvalue weighted by molar-refractivity contribution is -0.156. The number of ether oxygens (including phenoxy) is 2. The quantitative estimate of drug-likeness (QED) is 0.0514. The van der Waals surface area contributed by atoms with Gasteiger partial charge in [-0.1, -0.05) is 316 Å². The molecule has 0 radical (unpaired) electrons. The highest BCUT2D eigenvalue weighted by Gasteiger charge is 2.27. The summed E-state index contributed by atoms with van der Waals surface area (Å²) in [5.74, 6) is -0.236. The Morgan fingerprint density at radius 3 is 0.877 bits per heavy atom. The molecule has 0 aliphatic heterocycles. The first-order valence-corrected chi connectivity index (χ1v) is 30.3. The summed E-state index contributed by atoms with van der Waals surface area (Å²) < 4.78 is 11.9. The smallest absolute Gasteiger partial charge is 0.306 e. The third-order valence-corrected chi connectivity index (χ3v) is 14.8. The fourth-order valence-electron chi connectivity index (χ4n) is 10.3. The van der Waals surface area contributed by atoms with Gasteiger partial charge in [-0.3, -0.25) is 9.59 Å². The molecule has 0 amide bonds. The van der Waals surface area contributed by atoms with Crippen LogP contribution in [-0.2, 0) is 19.1 Å². The van der Waals surface area contributed by atoms with E-state index in [-0.39, 0.29) is 24.6 Å². The van der Waals surface area contributed by atoms with E-state index in [2.05, 4.69) is 6.92 Å². The Balaban J connectivity index is 2.11. The highest BCUT2D eigenvalue weighted by molar-refractivity contribution is 5.71. The Morgan fingerprint density at radius 2 is 0.600 bits per heavy atom. The van der Waals surface area contributed by atoms with Crippen LogP contribution in [0, 0.1) is 5.41 Å². The lowest BCUT2D eigenvalue weighted by Gasteiger charge is -2.25. The molecule has 4 heteroatoms. The number of carbonyl (C=O) groups is 2. The molecular formula is C61H118O4. The molecule has 0 saturated heterocycles. The van der Waals surface area contributed by atoms with Gasteiger partial charge in [0.2, 0.25) is 0 Å². The number of rotatable bonds is 31. The number of carbonyl (C=O) groups excluding carboxylic acids is 2. The van der Waals surface area contributed by atoms with Crippen LogP contribution in [0.5, 0.6) is 0 Å². The van der Waals surface area contributed by atoms with E-state index in [4.69, 9.17) is 9.47 Å². The van der Waals surface area contributed by atoms with Gasteiger partial charge in [-0.25, -0.2) is 0 Å². The van der Waals surface area contributed by atoms with Gasteiger partial charge < -0.3 is 9.47 Å². The lowest BCUT2D eigenvalue weighted by Crippen LogP contribution is -2.28. The van der Waals surface area contributed by atoms with Gasteiger partial charge in [0.15, 0.2) is 0 Å². The molecule has 1 saturated carbocycles. The van der Waals surface area contributed by atoms with Crippen LogP contribution < -0.4 is 0 Å². The molecule has 0 spiro atoms. The van der Waals surface area contributed by atoms with E-state index < -0.39 is 5.41 Å². The zero-order chi connectivity index (χ0) is 46.8. The molecule has 0 bridgehead atoms. The van der Waals surface area contributed by atoms with Crippen LogP contribution in [0.4, 0.5) is 0 Å². The Morgan fingerprint density at radius 1 is 0.354 bits per heavy atom. The van der Waals surface area contributed by atoms with Gasteiger partial charge >= 0.3 is 11.9 Å². The van der Waals surface area contributed by atoms with E-state index in [0.717, 1.165) is 38.5 Å². The summed E-state index contributed by atoms with van der Waals surface area (Å²) in [7, 11) is 0. The second-order valence-electron chi connectivity index (χ2n) is 22.4. The standard InChI is InChI=1S/C61H118O4/c1-4-5-6-7-8-9-10-11-12-13-14-15-16-17-22-25-28-31-34-37-40-43-46-49-52-55-59(62)64-57-61(2,3)56-60(63)65-58-53-50-47-44-41-38-35-32-29-26-23-20-18-19-21-24-27-30-33-36-39-42-45-48-51-54-58/h58H,4-57H2,1-3H3. The summed E-state index contributed by atoms with van der Waals surface area (Å²) in [5, 5.41) is 0. The van der Waals surface area contributed by atoms with Gasteiger partial charge in [-0.05, 0) is 32.1 Å². The third-order valence-electron chi connectivity index (χ3n) is 14.8. The van der Waals surface area contributed by atoms with Crippen molar-refractivity contribution in [1.29, 1.82) is 0 Å². The fourth-order valence-corrected chi connectivity index (χ4v) is 10.3. The van der Waals surface area contributed by atoms with E-state index >= 15 is 0 Å². The Bertz CT molecular complexity index is 947. The van der Waals surface area contributed by atoms with Crippen molar-refractivity contribution in [3.63, 3.8) is 0 Å². The largest absolute Gasteiger partial charge is 0.465 e. The van der Waals surface area contributed by atoms with Crippen LogP contribution in [0.1, 0.15) is 361 Å². The zero-order valence-corrected chi connectivity index (χ0v) is 44.9. The van der Waals surface area contributed by atoms with Crippen LogP contribution in [0.15, 0.2) is 0 Å². The van der Waals surface area contributed by atoms with Crippen LogP contribution in [-0.4, -0.2) is 24.6 Å². The molecule has 0 N–H and O–H groups in total. The molecule has 4 nitrogen and oxygen atoms in total. The first kappa shape index (κ1) is 62.0. The van der Waals surface area contributed by atoms with Crippen molar-refractivity contribution in [1.82, 2.24) is 0 Å². The monoisotopic (exact) mass is 915 g/mol. The molecule has 0 aromatic rings. The van der Waals surface area contributed by atoms with E-state index in [9.17, 15) is 9.59 Å². The molecule has 1 aliphatic carbocycles. The topological polar surface area (TPSA) is 52.6 Å². The molecule has 0 aromatic heterocycles. The van der Waals surface area contributed by atoms with Gasteiger partial charge in [0.1, 0.15) is 6.10 Å². The molecule has 1 aliphatic rings. The van der Waals surface area contributed by atoms with Crippen molar-refractivity contribution < 1.29 is 19.1 Å². The van der Waals surface area contributed by atoms with E-state index in [0.29, 0.717) is 12.8 Å². The molecule has 0 heterocycles. The average Bonchev–Trinajstić information content (AvgIpc) is 3.28. The minimum absolute atomic E-state index is 0.0250. The fraction of sp³-hybridized carbons (Fsp3) is 0.967. The third kappa shape index (κ3) is 47.8. The maximum atomic E-state index is 13.3. The van der Waals surface area contributed by atoms with Gasteiger partial charge in [0.05, 0.1) is 13.0 Å². The first-order chi connectivity index (χ1) is 31.9. The van der Waals surface area contributed by atoms with Crippen molar-refractivity contribution >= 4 is 11.9 Å². The number of unbranched alkanes of at least 4 members (excludes halogenated alkanes) is 24. The summed E-state index contributed by atoms with van der Waals surface area (Å²) in [4.78, 5) is 25.9. The van der Waals surface area contributed by atoms with Crippen LogP contribution in [0.25, 0.3) is 0 Å². The van der Waals surface area contributed by atoms with Gasteiger partial charge in [0.25, 0.3) is 0 Å². The van der Waals surface area contributed by atoms with E-state index in [1.807, 2.05) is 13.8 Å². The molecule has 65 heavy (non-hydrogen) atoms. The predicted molar refractivity (Wildman–Crippen MR) is 285 cm³/mol. The molecule has 0 unspecified atom stereocenters. The predicted octanol–water partition coefficient (Wildman–Crippen LogP) is 21.2. The molecule has 0 aromatic carbocycles. The number of hydrogen-bond donors (Lipinski definition) is 0. The van der Waals surface area contributed by atoms with Crippen molar-refractivity contribution in [2.24, 2.45) is 5.41 Å². The Hall–Kier alpha value is -1.06. The number of hydrogen-bond acceptors (Lipinski definition) is 4. The maximum absolute atomic E-state index is 13.3. The van der Waals surface area contributed by atoms with Crippen molar-refractivity contribution in [3.8, 4) is 0 Å². The second kappa shape index (κ2) is 49.4. The Labute approximate surface area is 408 Å². The average molecular weight is 916 g/mol. The zero-order valence-electron chi connectivity index (χ0n) is 44.9. The van der Waals surface area contributed by atoms with Crippen LogP contribution in [0.3, 0.4) is 0 Å². The summed E-state index contributed by atoms with van der Waals surface area (Å²) >= 11 is 0. The highest BCUT2D eigenvalue weighted by Crippen LogP contribution is 2.25. The Kier molecular flexibility index (Phi) is 47.1. The van der Waals surface area contributed by atoms with Gasteiger partial charge in [-0.15, -0.1) is 0 Å². The summed E-state index contributed by atoms with van der Waals surface area (Å²) in [6.07, 6.45) is 70.2. The second-order valence-corrected chi connectivity index (χ2v) is 22.4. The summed E-state index contributed by atoms with van der Waals surface area (Å²) in [5.41, 5.74) is -0.417. The maximum Gasteiger partial charge on any atom is 0.306 e. The van der Waals surface area contributed by atoms with Crippen LogP contribution >= 0.6 is 0 Å². The minimum Gasteiger partial charge on any atom is -0.465 e. The van der Waals surface area contributed by atoms with Crippen molar-refractivity contribution in [2.45, 2.75) is 367 Å². The molecule has 1 rings (SSSR count). The van der Waals surface area contributed by atoms with E-state index in [1.165, 1.54) is 289 Å². The molecule has 386 valence electrons. The highest BCUT2D eigenvalue weighted by atomic mass is 16.5. The first-order valence-electron chi connectivity index (χ1n) is 30.3. The van der Waals surface area contributed by atoms with Crippen molar-refractivity contribution in [2.75, 3.05) is 6.61 Å². The lowest BCUT2D eigenvalue weighted by atomic mass is 9.90. The normalized spacial score (nSPS) is 17.3. The summed E-state index contributed by atoms with van der Waals surface area (Å²) in [6, 6.07) is 0. The van der Waals surface area contributed by atoms with E-state index in [1.54, 1.807) is 0 Å². The minimum atomic E-state index is -0.417. The van der Waals surface area contributed by atoms with Gasteiger partial charge in [-0.2, -0.15) is 0 Å². The molecule has 1 fully saturated rings. The summed E-state index contributed by atoms with van der Waals surface area (Å²) in [6.45, 7) is 6.66. The van der Waals surface area contributed by atoms with Crippen LogP contribution in [0.2, 0.25) is 0 Å². The molecular weight excluding hydrogens is 797 g/mol. The number of esters is 2.